The van der Waals surface area contributed by atoms with Gasteiger partial charge in [-0.2, -0.15) is 0 Å². The van der Waals surface area contributed by atoms with Gasteiger partial charge in [0.2, 0.25) is 0 Å². The van der Waals surface area contributed by atoms with Gasteiger partial charge in [0, 0.05) is 24.5 Å². The molecule has 0 bridgehead atoms. The van der Waals surface area contributed by atoms with E-state index in [1.807, 2.05) is 25.1 Å². The lowest BCUT2D eigenvalue weighted by Crippen LogP contribution is -2.29. The molecule has 1 N–H and O–H groups in total. The number of pyridine rings is 1. The molecule has 5 rings (SSSR count). The first-order valence-corrected chi connectivity index (χ1v) is 11.5. The maximum Gasteiger partial charge on any atom is 0.296 e. The van der Waals surface area contributed by atoms with Crippen LogP contribution in [0.1, 0.15) is 34.1 Å². The molecule has 0 radical (unpaired) electrons. The molecule has 1 fully saturated rings. The first-order valence-electron chi connectivity index (χ1n) is 11.5. The molecule has 1 saturated heterocycles. The normalized spacial score (nSPS) is 16.9. The molecule has 1 aliphatic rings. The smallest absolute Gasteiger partial charge is 0.296 e. The van der Waals surface area contributed by atoms with Crippen molar-refractivity contribution in [2.75, 3.05) is 0 Å². The van der Waals surface area contributed by atoms with Gasteiger partial charge in [-0.1, -0.05) is 29.8 Å². The fourth-order valence-corrected chi connectivity index (χ4v) is 4.30. The number of hydrogen-bond acceptors (Lipinski definition) is 6. The van der Waals surface area contributed by atoms with Gasteiger partial charge < -0.3 is 19.2 Å². The highest BCUT2D eigenvalue weighted by Crippen LogP contribution is 2.40. The van der Waals surface area contributed by atoms with E-state index in [0.717, 1.165) is 16.7 Å². The standard InChI is InChI=1S/C29H24N2O5/c1-19-4-2-5-21(16-19)18-36-23-9-7-22(8-10-23)27(32)25-26(24-6-3-15-35-24)31(29(34)28(25)33)17-20-11-13-30-14-12-20/h2-16,26,32H,17-18H2,1H3/t26-/m1/s1. The first kappa shape index (κ1) is 23.1. The molecule has 2 aromatic carbocycles. The molecule has 7 heteroatoms. The molecule has 1 aliphatic heterocycles. The van der Waals surface area contributed by atoms with E-state index in [0.29, 0.717) is 23.7 Å². The highest BCUT2D eigenvalue weighted by molar-refractivity contribution is 6.46. The number of aliphatic hydroxyl groups is 1. The number of rotatable bonds is 7. The highest BCUT2D eigenvalue weighted by atomic mass is 16.5. The van der Waals surface area contributed by atoms with Gasteiger partial charge in [-0.05, 0) is 66.6 Å². The van der Waals surface area contributed by atoms with Crippen LogP contribution in [0, 0.1) is 6.92 Å². The Morgan fingerprint density at radius 1 is 1.00 bits per heavy atom. The Morgan fingerprint density at radius 2 is 1.78 bits per heavy atom. The predicted molar refractivity (Wildman–Crippen MR) is 133 cm³/mol. The number of Topliss-reactive ketones (excluding diaryl/α,β-unsaturated/α-hetero) is 1. The Bertz CT molecular complexity index is 1410. The SMILES string of the molecule is Cc1cccc(COc2ccc(C(O)=C3C(=O)C(=O)N(Cc4ccncc4)[C@@H]3c3ccco3)cc2)c1. The van der Waals surface area contributed by atoms with E-state index in [1.165, 1.54) is 11.2 Å². The summed E-state index contributed by atoms with van der Waals surface area (Å²) in [6.07, 6.45) is 4.72. The van der Waals surface area contributed by atoms with Gasteiger partial charge in [0.1, 0.15) is 29.9 Å². The van der Waals surface area contributed by atoms with Gasteiger partial charge in [-0.3, -0.25) is 14.6 Å². The van der Waals surface area contributed by atoms with Crippen molar-refractivity contribution in [3.8, 4) is 5.75 Å². The molecule has 3 heterocycles. The molecule has 36 heavy (non-hydrogen) atoms. The molecule has 4 aromatic rings. The largest absolute Gasteiger partial charge is 0.507 e. The second-order valence-corrected chi connectivity index (χ2v) is 8.60. The van der Waals surface area contributed by atoms with Gasteiger partial charge in [0.25, 0.3) is 11.7 Å². The van der Waals surface area contributed by atoms with Crippen LogP contribution in [0.4, 0.5) is 0 Å². The topological polar surface area (TPSA) is 92.9 Å². The van der Waals surface area contributed by atoms with E-state index in [9.17, 15) is 14.7 Å². The number of likely N-dealkylation sites (tertiary alicyclic amines) is 1. The number of benzene rings is 2. The van der Waals surface area contributed by atoms with Crippen LogP contribution in [0.3, 0.4) is 0 Å². The third kappa shape index (κ3) is 4.63. The molecule has 1 atom stereocenters. The molecule has 180 valence electrons. The minimum absolute atomic E-state index is 0.0163. The van der Waals surface area contributed by atoms with Crippen molar-refractivity contribution in [2.24, 2.45) is 0 Å². The summed E-state index contributed by atoms with van der Waals surface area (Å²) in [5.41, 5.74) is 3.39. The van der Waals surface area contributed by atoms with Crippen LogP contribution in [-0.4, -0.2) is 26.7 Å². The van der Waals surface area contributed by atoms with Crippen LogP contribution in [0.2, 0.25) is 0 Å². The van der Waals surface area contributed by atoms with Crippen molar-refractivity contribution in [3.63, 3.8) is 0 Å². The summed E-state index contributed by atoms with van der Waals surface area (Å²) in [6.45, 7) is 2.60. The zero-order valence-corrected chi connectivity index (χ0v) is 19.6. The van der Waals surface area contributed by atoms with E-state index in [4.69, 9.17) is 9.15 Å². The lowest BCUT2D eigenvalue weighted by molar-refractivity contribution is -0.140. The van der Waals surface area contributed by atoms with Gasteiger partial charge in [0.15, 0.2) is 0 Å². The first-order chi connectivity index (χ1) is 17.5. The Morgan fingerprint density at radius 3 is 2.47 bits per heavy atom. The number of aromatic nitrogens is 1. The van der Waals surface area contributed by atoms with Crippen LogP contribution in [0.15, 0.2) is 101 Å². The minimum Gasteiger partial charge on any atom is -0.507 e. The molecule has 0 saturated carbocycles. The third-order valence-electron chi connectivity index (χ3n) is 6.07. The molecule has 0 unspecified atom stereocenters. The van der Waals surface area contributed by atoms with Crippen molar-refractivity contribution >= 4 is 17.4 Å². The predicted octanol–water partition coefficient (Wildman–Crippen LogP) is 5.18. The van der Waals surface area contributed by atoms with Crippen molar-refractivity contribution in [3.05, 3.63) is 125 Å². The van der Waals surface area contributed by atoms with Crippen molar-refractivity contribution in [2.45, 2.75) is 26.1 Å². The average molecular weight is 481 g/mol. The van der Waals surface area contributed by atoms with Gasteiger partial charge in [0.05, 0.1) is 11.8 Å². The maximum absolute atomic E-state index is 13.1. The number of amides is 1. The summed E-state index contributed by atoms with van der Waals surface area (Å²) >= 11 is 0. The fourth-order valence-electron chi connectivity index (χ4n) is 4.30. The van der Waals surface area contributed by atoms with Crippen molar-refractivity contribution in [1.29, 1.82) is 0 Å². The lowest BCUT2D eigenvalue weighted by atomic mass is 9.99. The number of carbonyl (C=O) groups is 2. The van der Waals surface area contributed by atoms with Crippen LogP contribution in [0.25, 0.3) is 5.76 Å². The van der Waals surface area contributed by atoms with E-state index in [1.54, 1.807) is 60.9 Å². The van der Waals surface area contributed by atoms with E-state index in [2.05, 4.69) is 11.1 Å². The Kier molecular flexibility index (Phi) is 6.36. The second-order valence-electron chi connectivity index (χ2n) is 8.60. The van der Waals surface area contributed by atoms with E-state index >= 15 is 0 Å². The van der Waals surface area contributed by atoms with Crippen molar-refractivity contribution in [1.82, 2.24) is 9.88 Å². The molecule has 2 aromatic heterocycles. The summed E-state index contributed by atoms with van der Waals surface area (Å²) in [5, 5.41) is 11.2. The number of aryl methyl sites for hydroxylation is 1. The van der Waals surface area contributed by atoms with Gasteiger partial charge >= 0.3 is 0 Å². The van der Waals surface area contributed by atoms with Crippen LogP contribution >= 0.6 is 0 Å². The number of carbonyl (C=O) groups excluding carboxylic acids is 2. The maximum atomic E-state index is 13.1. The Balaban J connectivity index is 1.43. The number of nitrogens with zero attached hydrogens (tertiary/aromatic N) is 2. The number of aliphatic hydroxyl groups excluding tert-OH is 1. The average Bonchev–Trinajstić information content (AvgIpc) is 3.51. The number of hydrogen-bond donors (Lipinski definition) is 1. The summed E-state index contributed by atoms with van der Waals surface area (Å²) in [4.78, 5) is 31.5. The zero-order valence-electron chi connectivity index (χ0n) is 19.6. The monoisotopic (exact) mass is 480 g/mol. The molecule has 0 aliphatic carbocycles. The van der Waals surface area contributed by atoms with E-state index < -0.39 is 17.7 Å². The molecular weight excluding hydrogens is 456 g/mol. The molecular formula is C29H24N2O5. The Labute approximate surface area is 208 Å². The molecule has 7 nitrogen and oxygen atoms in total. The fraction of sp³-hybridized carbons (Fsp3) is 0.138. The molecule has 1 amide bonds. The van der Waals surface area contributed by atoms with Gasteiger partial charge in [-0.25, -0.2) is 0 Å². The highest BCUT2D eigenvalue weighted by Gasteiger charge is 2.47. The second kappa shape index (κ2) is 9.92. The lowest BCUT2D eigenvalue weighted by Gasteiger charge is -2.23. The minimum atomic E-state index is -0.856. The van der Waals surface area contributed by atoms with Gasteiger partial charge in [-0.15, -0.1) is 0 Å². The van der Waals surface area contributed by atoms with Crippen molar-refractivity contribution < 1.29 is 23.8 Å². The number of ketones is 1. The summed E-state index contributed by atoms with van der Waals surface area (Å²) in [5.74, 6) is -0.718. The summed E-state index contributed by atoms with van der Waals surface area (Å²) in [6, 6.07) is 20.9. The Hall–Kier alpha value is -4.65. The van der Waals surface area contributed by atoms with E-state index in [-0.39, 0.29) is 17.9 Å². The van der Waals surface area contributed by atoms with Crippen LogP contribution in [0.5, 0.6) is 5.75 Å². The zero-order chi connectivity index (χ0) is 25.1. The quantitative estimate of drug-likeness (QED) is 0.222. The third-order valence-corrected chi connectivity index (χ3v) is 6.07. The van der Waals surface area contributed by atoms with Crippen LogP contribution < -0.4 is 4.74 Å². The number of furan rings is 1. The summed E-state index contributed by atoms with van der Waals surface area (Å²) < 4.78 is 11.4. The number of ether oxygens (including phenoxy) is 1. The van der Waals surface area contributed by atoms with Crippen LogP contribution in [-0.2, 0) is 22.7 Å². The summed E-state index contributed by atoms with van der Waals surface area (Å²) in [7, 11) is 0. The molecule has 0 spiro atoms.